The van der Waals surface area contributed by atoms with E-state index in [-0.39, 0.29) is 10.2 Å². The number of hydrogen-bond acceptors (Lipinski definition) is 5. The Kier molecular flexibility index (Phi) is 4.18. The van der Waals surface area contributed by atoms with Crippen molar-refractivity contribution in [2.45, 2.75) is 0 Å². The first-order valence-electron chi connectivity index (χ1n) is 5.25. The van der Waals surface area contributed by atoms with Crippen LogP contribution in [0.2, 0.25) is 0 Å². The van der Waals surface area contributed by atoms with Gasteiger partial charge < -0.3 is 9.52 Å². The zero-order valence-electron chi connectivity index (χ0n) is 9.61. The van der Waals surface area contributed by atoms with E-state index in [0.29, 0.717) is 10.7 Å². The number of carboxylic acid groups (broad SMARTS) is 1. The van der Waals surface area contributed by atoms with Crippen molar-refractivity contribution in [3.05, 3.63) is 41.2 Å². The summed E-state index contributed by atoms with van der Waals surface area (Å²) in [7, 11) is 0. The van der Waals surface area contributed by atoms with Gasteiger partial charge in [0.05, 0.1) is 11.2 Å². The molecule has 1 fully saturated rings. The topological polar surface area (TPSA) is 70.8 Å². The van der Waals surface area contributed by atoms with Crippen molar-refractivity contribution in [3.8, 4) is 0 Å². The number of rotatable bonds is 4. The number of aliphatic carboxylic acids is 1. The minimum absolute atomic E-state index is 0.255. The summed E-state index contributed by atoms with van der Waals surface area (Å²) in [5.41, 5.74) is 0. The lowest BCUT2D eigenvalue weighted by atomic mass is 10.3. The van der Waals surface area contributed by atoms with Gasteiger partial charge in [-0.3, -0.25) is 14.5 Å². The van der Waals surface area contributed by atoms with E-state index in [1.165, 1.54) is 0 Å². The number of carbonyl (C=O) groups excluding carboxylic acids is 1. The number of nitrogens with zero attached hydrogens (tertiary/aromatic N) is 1. The Hall–Kier alpha value is -1.86. The highest BCUT2D eigenvalue weighted by Gasteiger charge is 2.32. The monoisotopic (exact) mass is 295 g/mol. The molecule has 1 aliphatic heterocycles. The molecule has 0 radical (unpaired) electrons. The van der Waals surface area contributed by atoms with Crippen LogP contribution in [0.25, 0.3) is 6.08 Å². The highest BCUT2D eigenvalue weighted by Crippen LogP contribution is 2.30. The van der Waals surface area contributed by atoms with Crippen LogP contribution in [0.3, 0.4) is 0 Å². The molecule has 1 N–H and O–H groups in total. The van der Waals surface area contributed by atoms with Crippen LogP contribution in [0, 0.1) is 0 Å². The summed E-state index contributed by atoms with van der Waals surface area (Å²) < 4.78 is 5.35. The number of amides is 1. The Balaban J connectivity index is 2.08. The van der Waals surface area contributed by atoms with Gasteiger partial charge in [-0.2, -0.15) is 0 Å². The average molecular weight is 295 g/mol. The third kappa shape index (κ3) is 3.33. The molecule has 0 bridgehead atoms. The van der Waals surface area contributed by atoms with Gasteiger partial charge in [-0.25, -0.2) is 0 Å². The molecule has 1 aromatic rings. The van der Waals surface area contributed by atoms with Crippen molar-refractivity contribution in [3.63, 3.8) is 0 Å². The van der Waals surface area contributed by atoms with Crippen LogP contribution in [0.4, 0.5) is 0 Å². The van der Waals surface area contributed by atoms with Gasteiger partial charge in [0.2, 0.25) is 0 Å². The second-order valence-corrected chi connectivity index (χ2v) is 5.23. The molecule has 7 heteroatoms. The molecule has 98 valence electrons. The Bertz CT molecular complexity index is 575. The number of thioether (sulfide) groups is 1. The third-order valence-corrected chi connectivity index (χ3v) is 3.61. The SMILES string of the molecule is O=C(O)CN1C(=O)C(=CC=Cc2ccco2)SC1=S. The van der Waals surface area contributed by atoms with Gasteiger partial charge in [0, 0.05) is 0 Å². The molecule has 0 aliphatic carbocycles. The fourth-order valence-electron chi connectivity index (χ4n) is 1.40. The van der Waals surface area contributed by atoms with E-state index in [9.17, 15) is 9.59 Å². The Morgan fingerprint density at radius 2 is 2.37 bits per heavy atom. The molecule has 1 aromatic heterocycles. The van der Waals surface area contributed by atoms with Crippen molar-refractivity contribution in [2.75, 3.05) is 6.54 Å². The largest absolute Gasteiger partial charge is 0.480 e. The summed E-state index contributed by atoms with van der Waals surface area (Å²) in [6, 6.07) is 3.53. The van der Waals surface area contributed by atoms with Gasteiger partial charge in [0.1, 0.15) is 16.6 Å². The standard InChI is InChI=1S/C12H9NO4S2/c14-10(15)7-13-11(16)9(19-12(13)18)5-1-3-8-4-2-6-17-8/h1-6H,7H2,(H,14,15). The van der Waals surface area contributed by atoms with E-state index < -0.39 is 12.5 Å². The molecule has 19 heavy (non-hydrogen) atoms. The van der Waals surface area contributed by atoms with Gasteiger partial charge in [0.25, 0.3) is 5.91 Å². The number of allylic oxidation sites excluding steroid dienone is 2. The number of carbonyl (C=O) groups is 2. The van der Waals surface area contributed by atoms with Crippen LogP contribution in [-0.2, 0) is 9.59 Å². The number of furan rings is 1. The van der Waals surface area contributed by atoms with Crippen LogP contribution < -0.4 is 0 Å². The molecule has 1 aliphatic rings. The third-order valence-electron chi connectivity index (χ3n) is 2.22. The van der Waals surface area contributed by atoms with Crippen LogP contribution in [0.15, 0.2) is 39.9 Å². The van der Waals surface area contributed by atoms with E-state index >= 15 is 0 Å². The molecule has 0 saturated carbocycles. The Morgan fingerprint density at radius 3 is 3.00 bits per heavy atom. The molecular weight excluding hydrogens is 286 g/mol. The maximum absolute atomic E-state index is 11.9. The van der Waals surface area contributed by atoms with Gasteiger partial charge in [0.15, 0.2) is 0 Å². The molecule has 1 saturated heterocycles. The molecule has 0 spiro atoms. The van der Waals surface area contributed by atoms with Crippen molar-refractivity contribution in [1.82, 2.24) is 4.90 Å². The maximum atomic E-state index is 11.9. The molecule has 0 aromatic carbocycles. The summed E-state index contributed by atoms with van der Waals surface area (Å²) in [5, 5.41) is 8.69. The fraction of sp³-hybridized carbons (Fsp3) is 0.0833. The predicted molar refractivity (Wildman–Crippen MR) is 75.4 cm³/mol. The Morgan fingerprint density at radius 1 is 1.58 bits per heavy atom. The van der Waals surface area contributed by atoms with Gasteiger partial charge in [-0.15, -0.1) is 0 Å². The van der Waals surface area contributed by atoms with Crippen LogP contribution in [0.1, 0.15) is 5.76 Å². The van der Waals surface area contributed by atoms with Crippen LogP contribution in [-0.4, -0.2) is 32.7 Å². The van der Waals surface area contributed by atoms with E-state index in [4.69, 9.17) is 21.7 Å². The van der Waals surface area contributed by atoms with Crippen molar-refractivity contribution in [1.29, 1.82) is 0 Å². The van der Waals surface area contributed by atoms with Gasteiger partial charge in [-0.05, 0) is 24.3 Å². The second-order valence-electron chi connectivity index (χ2n) is 3.56. The molecular formula is C12H9NO4S2. The van der Waals surface area contributed by atoms with Crippen molar-refractivity contribution in [2.24, 2.45) is 0 Å². The summed E-state index contributed by atoms with van der Waals surface area (Å²) in [6.07, 6.45) is 6.49. The van der Waals surface area contributed by atoms with Crippen molar-refractivity contribution >= 4 is 46.3 Å². The predicted octanol–water partition coefficient (Wildman–Crippen LogP) is 2.12. The Labute approximate surface area is 118 Å². The minimum Gasteiger partial charge on any atom is -0.480 e. The second kappa shape index (κ2) is 5.85. The molecule has 0 unspecified atom stereocenters. The lowest BCUT2D eigenvalue weighted by molar-refractivity contribution is -0.140. The quantitative estimate of drug-likeness (QED) is 0.677. The molecule has 2 rings (SSSR count). The normalized spacial score (nSPS) is 17.9. The van der Waals surface area contributed by atoms with Crippen molar-refractivity contribution < 1.29 is 19.1 Å². The minimum atomic E-state index is -1.09. The first kappa shape index (κ1) is 13.6. The smallest absolute Gasteiger partial charge is 0.323 e. The van der Waals surface area contributed by atoms with Crippen LogP contribution in [0.5, 0.6) is 0 Å². The first-order chi connectivity index (χ1) is 9.08. The molecule has 2 heterocycles. The van der Waals surface area contributed by atoms with Gasteiger partial charge >= 0.3 is 5.97 Å². The zero-order chi connectivity index (χ0) is 13.8. The summed E-state index contributed by atoms with van der Waals surface area (Å²) in [4.78, 5) is 23.9. The highest BCUT2D eigenvalue weighted by atomic mass is 32.2. The van der Waals surface area contributed by atoms with Gasteiger partial charge in [-0.1, -0.05) is 30.1 Å². The number of carboxylic acids is 1. The molecule has 1 amide bonds. The maximum Gasteiger partial charge on any atom is 0.323 e. The van der Waals surface area contributed by atoms with E-state index in [0.717, 1.165) is 16.7 Å². The first-order valence-corrected chi connectivity index (χ1v) is 6.48. The summed E-state index contributed by atoms with van der Waals surface area (Å²) >= 11 is 6.05. The lowest BCUT2D eigenvalue weighted by Gasteiger charge is -2.09. The molecule has 5 nitrogen and oxygen atoms in total. The average Bonchev–Trinajstić information content (AvgIpc) is 2.94. The highest BCUT2D eigenvalue weighted by molar-refractivity contribution is 8.26. The van der Waals surface area contributed by atoms with E-state index in [1.807, 2.05) is 0 Å². The van der Waals surface area contributed by atoms with E-state index in [1.54, 1.807) is 36.6 Å². The zero-order valence-corrected chi connectivity index (χ0v) is 11.2. The van der Waals surface area contributed by atoms with E-state index in [2.05, 4.69) is 0 Å². The summed E-state index contributed by atoms with van der Waals surface area (Å²) in [5.74, 6) is -0.817. The fourth-order valence-corrected chi connectivity index (χ4v) is 2.61. The summed E-state index contributed by atoms with van der Waals surface area (Å²) in [6.45, 7) is -0.413. The number of hydrogen-bond donors (Lipinski definition) is 1. The van der Waals surface area contributed by atoms with Crippen LogP contribution >= 0.6 is 24.0 Å². The molecule has 0 atom stereocenters. The number of thiocarbonyl (C=S) groups is 1. The lowest BCUT2D eigenvalue weighted by Crippen LogP contribution is -2.33.